The number of carbonyl (C=O) groups is 1. The summed E-state index contributed by atoms with van der Waals surface area (Å²) in [4.78, 5) is 20.2. The zero-order chi connectivity index (χ0) is 15.8. The molecule has 4 aliphatic rings. The van der Waals surface area contributed by atoms with Crippen LogP contribution in [0, 0.1) is 30.1 Å². The Morgan fingerprint density at radius 1 is 1.35 bits per heavy atom. The molecule has 0 bridgehead atoms. The molecule has 0 amide bonds. The number of aromatic nitrogens is 2. The topological polar surface area (TPSA) is 82.7 Å². The number of carboxylic acids is 1. The molecule has 0 aromatic carbocycles. The number of fused-ring (bicyclic) bond motifs is 1. The first kappa shape index (κ1) is 13.8. The Labute approximate surface area is 134 Å². The van der Waals surface area contributed by atoms with Crippen molar-refractivity contribution in [1.82, 2.24) is 15.0 Å². The van der Waals surface area contributed by atoms with Gasteiger partial charge >= 0.3 is 12.0 Å². The molecule has 1 N–H and O–H groups in total. The maximum atomic E-state index is 11.1. The summed E-state index contributed by atoms with van der Waals surface area (Å²) in [5.41, 5.74) is 0.409. The van der Waals surface area contributed by atoms with Gasteiger partial charge in [-0.05, 0) is 43.4 Å². The molecule has 2 saturated heterocycles. The van der Waals surface area contributed by atoms with Crippen molar-refractivity contribution in [3.8, 4) is 0 Å². The highest BCUT2D eigenvalue weighted by Gasteiger charge is 2.62. The highest BCUT2D eigenvalue weighted by Crippen LogP contribution is 2.57. The third kappa shape index (κ3) is 2.02. The summed E-state index contributed by atoms with van der Waals surface area (Å²) in [7, 11) is 0. The van der Waals surface area contributed by atoms with E-state index in [1.807, 2.05) is 6.92 Å². The molecule has 0 radical (unpaired) electrons. The molecule has 4 fully saturated rings. The number of aliphatic carboxylic acids is 1. The lowest BCUT2D eigenvalue weighted by Gasteiger charge is -2.49. The van der Waals surface area contributed by atoms with Crippen LogP contribution in [0.15, 0.2) is 4.52 Å². The van der Waals surface area contributed by atoms with Crippen molar-refractivity contribution in [3.05, 3.63) is 5.82 Å². The Balaban J connectivity index is 1.16. The van der Waals surface area contributed by atoms with Gasteiger partial charge in [0.2, 0.25) is 0 Å². The Hall–Kier alpha value is -1.63. The molecule has 2 aliphatic carbocycles. The molecule has 124 valence electrons. The van der Waals surface area contributed by atoms with Crippen LogP contribution in [-0.2, 0) is 4.79 Å². The van der Waals surface area contributed by atoms with E-state index in [4.69, 9.17) is 9.63 Å². The predicted molar refractivity (Wildman–Crippen MR) is 81.0 cm³/mol. The van der Waals surface area contributed by atoms with E-state index in [-0.39, 0.29) is 5.92 Å². The van der Waals surface area contributed by atoms with Gasteiger partial charge in [0, 0.05) is 32.2 Å². The average molecular weight is 318 g/mol. The summed E-state index contributed by atoms with van der Waals surface area (Å²) in [6.45, 7) is 5.86. The van der Waals surface area contributed by atoms with Crippen LogP contribution in [0.4, 0.5) is 6.01 Å². The van der Waals surface area contributed by atoms with Gasteiger partial charge in [0.15, 0.2) is 5.82 Å². The standard InChI is InChI=1S/C16H22N4O3/c1-9-17-15(23-18-9)19-3-2-16(8-19)4-10(5-16)20-6-11-12(7-20)13(11)14(21)22/h10-13H,2-8H2,1H3,(H,21,22)/t10?,11-,12+,13+,16?. The molecule has 7 heteroatoms. The van der Waals surface area contributed by atoms with Crippen LogP contribution in [0.3, 0.4) is 0 Å². The highest BCUT2D eigenvalue weighted by molar-refractivity contribution is 5.74. The first-order chi connectivity index (χ1) is 11.0. The van der Waals surface area contributed by atoms with E-state index in [1.165, 1.54) is 19.3 Å². The first-order valence-electron chi connectivity index (χ1n) is 8.57. The van der Waals surface area contributed by atoms with Gasteiger partial charge in [-0.2, -0.15) is 4.98 Å². The van der Waals surface area contributed by atoms with Crippen LogP contribution in [0.5, 0.6) is 0 Å². The van der Waals surface area contributed by atoms with Gasteiger partial charge in [0.1, 0.15) is 0 Å². The lowest BCUT2D eigenvalue weighted by molar-refractivity contribution is -0.139. The zero-order valence-electron chi connectivity index (χ0n) is 13.3. The molecular formula is C16H22N4O3. The number of nitrogens with zero attached hydrogens (tertiary/aromatic N) is 4. The van der Waals surface area contributed by atoms with Crippen molar-refractivity contribution < 1.29 is 14.4 Å². The Morgan fingerprint density at radius 3 is 2.70 bits per heavy atom. The quantitative estimate of drug-likeness (QED) is 0.890. The largest absolute Gasteiger partial charge is 0.481 e. The summed E-state index contributed by atoms with van der Waals surface area (Å²) >= 11 is 0. The number of aryl methyl sites for hydroxylation is 1. The van der Waals surface area contributed by atoms with E-state index in [9.17, 15) is 4.79 Å². The molecule has 1 aromatic heterocycles. The van der Waals surface area contributed by atoms with Crippen molar-refractivity contribution in [3.63, 3.8) is 0 Å². The summed E-state index contributed by atoms with van der Waals surface area (Å²) in [5.74, 6) is 0.891. The molecule has 7 nitrogen and oxygen atoms in total. The third-order valence-electron chi connectivity index (χ3n) is 6.59. The number of anilines is 1. The van der Waals surface area contributed by atoms with E-state index in [2.05, 4.69) is 19.9 Å². The van der Waals surface area contributed by atoms with Crippen molar-refractivity contribution in [1.29, 1.82) is 0 Å². The molecule has 0 unspecified atom stereocenters. The molecule has 23 heavy (non-hydrogen) atoms. The second kappa shape index (κ2) is 4.47. The van der Waals surface area contributed by atoms with E-state index in [0.29, 0.717) is 35.1 Å². The summed E-state index contributed by atoms with van der Waals surface area (Å²) in [6, 6.07) is 1.32. The zero-order valence-corrected chi connectivity index (χ0v) is 13.3. The average Bonchev–Trinajstić information content (AvgIpc) is 2.93. The van der Waals surface area contributed by atoms with Gasteiger partial charge in [-0.25, -0.2) is 0 Å². The van der Waals surface area contributed by atoms with E-state index in [0.717, 1.165) is 26.2 Å². The van der Waals surface area contributed by atoms with Gasteiger partial charge in [-0.3, -0.25) is 9.69 Å². The third-order valence-corrected chi connectivity index (χ3v) is 6.59. The van der Waals surface area contributed by atoms with E-state index in [1.54, 1.807) is 0 Å². The number of hydrogen-bond donors (Lipinski definition) is 1. The minimum atomic E-state index is -0.592. The summed E-state index contributed by atoms with van der Waals surface area (Å²) in [6.07, 6.45) is 3.66. The molecule has 5 rings (SSSR count). The number of likely N-dealkylation sites (tertiary alicyclic amines) is 1. The predicted octanol–water partition coefficient (Wildman–Crippen LogP) is 0.999. The minimum Gasteiger partial charge on any atom is -0.481 e. The van der Waals surface area contributed by atoms with Crippen molar-refractivity contribution >= 4 is 12.0 Å². The van der Waals surface area contributed by atoms with Crippen LogP contribution < -0.4 is 4.90 Å². The molecule has 1 spiro atoms. The Kier molecular flexibility index (Phi) is 2.67. The van der Waals surface area contributed by atoms with Crippen LogP contribution >= 0.6 is 0 Å². The first-order valence-corrected chi connectivity index (χ1v) is 8.57. The molecule has 2 saturated carbocycles. The van der Waals surface area contributed by atoms with Gasteiger partial charge in [0.05, 0.1) is 5.92 Å². The molecule has 1 aromatic rings. The normalized spacial score (nSPS) is 42.0. The van der Waals surface area contributed by atoms with Gasteiger partial charge in [0.25, 0.3) is 0 Å². The minimum absolute atomic E-state index is 0.0528. The number of hydrogen-bond acceptors (Lipinski definition) is 6. The van der Waals surface area contributed by atoms with E-state index >= 15 is 0 Å². The lowest BCUT2D eigenvalue weighted by Crippen LogP contribution is -2.52. The van der Waals surface area contributed by atoms with Gasteiger partial charge < -0.3 is 14.5 Å². The summed E-state index contributed by atoms with van der Waals surface area (Å²) in [5, 5.41) is 13.0. The monoisotopic (exact) mass is 318 g/mol. The molecular weight excluding hydrogens is 296 g/mol. The number of piperidine rings is 1. The van der Waals surface area contributed by atoms with Crippen LogP contribution in [0.2, 0.25) is 0 Å². The van der Waals surface area contributed by atoms with E-state index < -0.39 is 5.97 Å². The maximum Gasteiger partial charge on any atom is 0.324 e. The Morgan fingerprint density at radius 2 is 2.09 bits per heavy atom. The van der Waals surface area contributed by atoms with Gasteiger partial charge in [-0.15, -0.1) is 0 Å². The molecule has 3 atom stereocenters. The fraction of sp³-hybridized carbons (Fsp3) is 0.812. The molecule has 2 aliphatic heterocycles. The number of carboxylic acid groups (broad SMARTS) is 1. The second-order valence-corrected chi connectivity index (χ2v) is 8.00. The van der Waals surface area contributed by atoms with Crippen molar-refractivity contribution in [2.75, 3.05) is 31.1 Å². The van der Waals surface area contributed by atoms with Crippen LogP contribution in [-0.4, -0.2) is 58.3 Å². The smallest absolute Gasteiger partial charge is 0.324 e. The summed E-state index contributed by atoms with van der Waals surface area (Å²) < 4.78 is 5.29. The fourth-order valence-electron chi connectivity index (χ4n) is 5.27. The number of rotatable bonds is 3. The van der Waals surface area contributed by atoms with Crippen LogP contribution in [0.25, 0.3) is 0 Å². The van der Waals surface area contributed by atoms with Gasteiger partial charge in [-0.1, -0.05) is 5.16 Å². The highest BCUT2D eigenvalue weighted by atomic mass is 16.5. The Bertz CT molecular complexity index is 642. The van der Waals surface area contributed by atoms with Crippen molar-refractivity contribution in [2.24, 2.45) is 23.2 Å². The maximum absolute atomic E-state index is 11.1. The van der Waals surface area contributed by atoms with Crippen LogP contribution in [0.1, 0.15) is 25.1 Å². The SMILES string of the molecule is Cc1noc(N2CCC3(CC(N4C[C@@H]5[C@H](C4)[C@H]5C(=O)O)C3)C2)n1. The lowest BCUT2D eigenvalue weighted by atomic mass is 9.64. The second-order valence-electron chi connectivity index (χ2n) is 8.00. The fourth-order valence-corrected chi connectivity index (χ4v) is 5.27. The molecule has 3 heterocycles. The van der Waals surface area contributed by atoms with Crippen molar-refractivity contribution in [2.45, 2.75) is 32.2 Å².